The molecule has 0 bridgehead atoms. The van der Waals surface area contributed by atoms with Crippen LogP contribution in [0.15, 0.2) is 51.8 Å². The van der Waals surface area contributed by atoms with Gasteiger partial charge in [0.25, 0.3) is 5.91 Å². The Balaban J connectivity index is 1.54. The van der Waals surface area contributed by atoms with Crippen molar-refractivity contribution in [2.24, 2.45) is 16.5 Å². The number of aliphatic hydroxyl groups excluding tert-OH is 3. The van der Waals surface area contributed by atoms with Crippen LogP contribution in [0.5, 0.6) is 0 Å². The molecule has 0 radical (unpaired) electrons. The van der Waals surface area contributed by atoms with Crippen molar-refractivity contribution in [3.05, 3.63) is 46.8 Å². The summed E-state index contributed by atoms with van der Waals surface area (Å²) in [5.74, 6) is -12.0. The van der Waals surface area contributed by atoms with Crippen LogP contribution < -0.4 is 64.2 Å². The van der Waals surface area contributed by atoms with Gasteiger partial charge in [0.2, 0.25) is 65.9 Å². The number of aliphatic carboxylic acids is 2. The second-order valence-electron chi connectivity index (χ2n) is 19.3. The summed E-state index contributed by atoms with van der Waals surface area (Å²) in [6.45, 7) is -2.25. The molecule has 4 aliphatic rings. The van der Waals surface area contributed by atoms with Crippen molar-refractivity contribution in [3.63, 3.8) is 0 Å². The first-order valence-electron chi connectivity index (χ1n) is 26.1. The van der Waals surface area contributed by atoms with Crippen LogP contribution in [0.4, 0.5) is 0 Å². The smallest absolute Gasteiger partial charge is 0.322 e. The summed E-state index contributed by atoms with van der Waals surface area (Å²) < 4.78 is 0. The Morgan fingerprint density at radius 1 is 0.699 bits per heavy atom. The first-order chi connectivity index (χ1) is 39.3. The number of carbonyl (C=O) groups is 13. The summed E-state index contributed by atoms with van der Waals surface area (Å²) in [6, 6.07) is -11.0. The number of rotatable bonds is 35. The normalized spacial score (nSPS) is 19.7. The van der Waals surface area contributed by atoms with Gasteiger partial charge < -0.3 is 84.9 Å². The van der Waals surface area contributed by atoms with Gasteiger partial charge in [-0.15, -0.1) is 0 Å². The molecular formula is C48H70N15O20+. The van der Waals surface area contributed by atoms with E-state index in [1.54, 1.807) is 0 Å². The van der Waals surface area contributed by atoms with Gasteiger partial charge in [0.1, 0.15) is 60.4 Å². The molecular weight excluding hydrogens is 1110 g/mol. The number of primary amides is 2. The molecule has 11 amide bonds. The van der Waals surface area contributed by atoms with Gasteiger partial charge in [-0.3, -0.25) is 82.6 Å². The van der Waals surface area contributed by atoms with Gasteiger partial charge in [0.15, 0.2) is 17.6 Å². The number of hydroxylamine groups is 4. The van der Waals surface area contributed by atoms with Crippen molar-refractivity contribution >= 4 is 83.8 Å². The molecule has 3 heterocycles. The highest BCUT2D eigenvalue weighted by Crippen LogP contribution is 2.24. The van der Waals surface area contributed by atoms with E-state index in [2.05, 4.69) is 52.8 Å². The maximum atomic E-state index is 14.3. The number of allylic oxidation sites excluding steroid dienone is 1. The highest BCUT2D eigenvalue weighted by atomic mass is 16.5. The number of nitrogens with two attached hydrogens (primary N) is 2. The van der Waals surface area contributed by atoms with Crippen molar-refractivity contribution in [2.45, 2.75) is 125 Å². The predicted octanol–water partition coefficient (Wildman–Crippen LogP) is -8.25. The van der Waals surface area contributed by atoms with Gasteiger partial charge in [-0.2, -0.15) is 0 Å². The summed E-state index contributed by atoms with van der Waals surface area (Å²) in [5.41, 5.74) is 11.2. The molecule has 1 fully saturated rings. The summed E-state index contributed by atoms with van der Waals surface area (Å²) >= 11 is 0. The summed E-state index contributed by atoms with van der Waals surface area (Å²) in [7, 11) is 0. The molecule has 0 aromatic carbocycles. The number of amidine groups is 1. The van der Waals surface area contributed by atoms with Gasteiger partial charge in [-0.05, 0) is 57.1 Å². The van der Waals surface area contributed by atoms with E-state index in [0.29, 0.717) is 10.5 Å². The zero-order valence-electron chi connectivity index (χ0n) is 44.7. The van der Waals surface area contributed by atoms with Gasteiger partial charge in [-0.1, -0.05) is 0 Å². The number of fused-ring (bicyclic) bond motifs is 3. The maximum absolute atomic E-state index is 14.3. The number of nitrogens with zero attached hydrogens (tertiary/aromatic N) is 3. The van der Waals surface area contributed by atoms with Crippen LogP contribution in [0.25, 0.3) is 0 Å². The Kier molecular flexibility index (Phi) is 25.8. The number of hydrogen-bond donors (Lipinski definition) is 19. The van der Waals surface area contributed by atoms with Gasteiger partial charge in [0, 0.05) is 63.5 Å². The number of hydrogen-bond acceptors (Lipinski definition) is 21. The quantitative estimate of drug-likeness (QED) is 0.0159. The number of aliphatic hydroxyl groups is 3. The lowest BCUT2D eigenvalue weighted by molar-refractivity contribution is -0.900. The molecule has 1 saturated heterocycles. The third-order valence-corrected chi connectivity index (χ3v) is 13.2. The Morgan fingerprint density at radius 3 is 1.77 bits per heavy atom. The van der Waals surface area contributed by atoms with Crippen LogP contribution in [0.3, 0.4) is 0 Å². The zero-order chi connectivity index (χ0) is 61.5. The minimum Gasteiger partial charge on any atom is -0.504 e. The SMILES string of the molecule is NC(=O)CC[C@H](NC(=O)[C@@H](CCC(N)=O)NC(=O)[C@H](CCCN(O)C=O)NC(=O)[C@@H]1CCN=C([C@@H](CO)NC(=O)[C@@H]2CCNC3=C(NC(=O)CCC(=O)O)C=C4C=C(O)C(O)=CC4[NH+]32)N1)C(=O)N[C@@H](CCCN(O)C=O)C(=O)NCC(=O)O. The van der Waals surface area contributed by atoms with Crippen molar-refractivity contribution in [3.8, 4) is 0 Å². The number of aliphatic imine (C=N–C) groups is 1. The number of carboxylic acid groups (broad SMARTS) is 2. The Labute approximate surface area is 471 Å². The van der Waals surface area contributed by atoms with Crippen molar-refractivity contribution in [2.75, 3.05) is 39.3 Å². The highest BCUT2D eigenvalue weighted by molar-refractivity contribution is 5.99. The monoisotopic (exact) mass is 1180 g/mol. The molecule has 83 heavy (non-hydrogen) atoms. The van der Waals surface area contributed by atoms with E-state index in [-0.39, 0.29) is 111 Å². The summed E-state index contributed by atoms with van der Waals surface area (Å²) in [4.78, 5) is 169. The molecule has 35 nitrogen and oxygen atoms in total. The van der Waals surface area contributed by atoms with Gasteiger partial charge >= 0.3 is 11.9 Å². The summed E-state index contributed by atoms with van der Waals surface area (Å²) in [5, 5.41) is 92.6. The molecule has 0 saturated carbocycles. The van der Waals surface area contributed by atoms with Crippen LogP contribution in [0, 0.1) is 0 Å². The van der Waals surface area contributed by atoms with E-state index in [1.807, 2.05) is 0 Å². The van der Waals surface area contributed by atoms with E-state index in [4.69, 9.17) is 21.7 Å². The van der Waals surface area contributed by atoms with Crippen LogP contribution in [0.2, 0.25) is 0 Å². The lowest BCUT2D eigenvalue weighted by Gasteiger charge is -2.42. The number of quaternary nitrogens is 1. The predicted molar refractivity (Wildman–Crippen MR) is 278 cm³/mol. The fourth-order valence-electron chi connectivity index (χ4n) is 9.04. The first-order valence-corrected chi connectivity index (χ1v) is 26.1. The zero-order valence-corrected chi connectivity index (χ0v) is 44.7. The van der Waals surface area contributed by atoms with Crippen LogP contribution in [0.1, 0.15) is 77.0 Å². The number of amides is 11. The Morgan fingerprint density at radius 2 is 1.25 bits per heavy atom. The van der Waals surface area contributed by atoms with Crippen molar-refractivity contribution in [1.82, 2.24) is 58.0 Å². The van der Waals surface area contributed by atoms with Crippen LogP contribution in [-0.4, -0.2) is 217 Å². The van der Waals surface area contributed by atoms with Gasteiger partial charge in [0.05, 0.1) is 13.0 Å². The molecule has 3 aliphatic heterocycles. The van der Waals surface area contributed by atoms with E-state index >= 15 is 0 Å². The first kappa shape index (κ1) is 66.3. The van der Waals surface area contributed by atoms with Crippen LogP contribution in [-0.2, 0) is 62.3 Å². The fourth-order valence-corrected chi connectivity index (χ4v) is 9.04. The van der Waals surface area contributed by atoms with E-state index in [9.17, 15) is 88.1 Å². The summed E-state index contributed by atoms with van der Waals surface area (Å²) in [6.07, 6.45) is 0.367. The number of carboxylic acids is 2. The average Bonchev–Trinajstić information content (AvgIpc) is 2.26. The van der Waals surface area contributed by atoms with Crippen LogP contribution >= 0.6 is 0 Å². The molecule has 4 rings (SSSR count). The largest absolute Gasteiger partial charge is 0.504 e. The molecule has 1 aliphatic carbocycles. The Hall–Kier alpha value is -9.22. The average molecular weight is 1180 g/mol. The molecule has 2 unspecified atom stereocenters. The van der Waals surface area contributed by atoms with Crippen molar-refractivity contribution in [1.29, 1.82) is 0 Å². The minimum atomic E-state index is -1.74. The van der Waals surface area contributed by atoms with E-state index in [1.165, 1.54) is 18.2 Å². The number of carbonyl (C=O) groups excluding carboxylic acids is 11. The molecule has 0 aromatic heterocycles. The van der Waals surface area contributed by atoms with E-state index < -0.39 is 170 Å². The molecule has 9 atom stereocenters. The standard InChI is InChI=1S/C48H69N15O20/c49-36(69)7-5-27(45(78)56-25(3-1-15-61(82)22-65)43(76)53-20-40(74)75)59-46(79)28(6-8-37(50)70)58-44(77)26(4-2-16-62(83)23-66)57-47(80)29-11-13-51-41(55-29)31(21-64)60-48(81)32-12-14-52-42-30(54-38(71)9-10-39(72)73)17-24-18-34(67)35(68)19-33(24)63(32)42/h17-19,22-23,25-29,31-33,52,64,67-68,82-83H,1-16,20-21H2,(H2,49,69)(H2,50,70)(H,51,55)(H,53,76)(H,54,71)(H,56,78)(H,57,80)(H,58,77)(H,59,79)(H,60,81)(H,72,73)(H,74,75)/p+1/t25-,26-,27-,28+,29-,31+,32-,33?/m0/s1. The molecule has 456 valence electrons. The third-order valence-electron chi connectivity index (χ3n) is 13.2. The number of nitrogens with one attached hydrogen (secondary N) is 10. The fraction of sp³-hybridized carbons (Fsp3) is 0.542. The minimum absolute atomic E-state index is 0.0290. The highest BCUT2D eigenvalue weighted by Gasteiger charge is 2.47. The van der Waals surface area contributed by atoms with Crippen molar-refractivity contribution < 1.29 is 103 Å². The topological polar surface area (TPSA) is 547 Å². The van der Waals surface area contributed by atoms with E-state index in [0.717, 1.165) is 0 Å². The third kappa shape index (κ3) is 20.7. The van der Waals surface area contributed by atoms with Gasteiger partial charge in [-0.25, -0.2) is 10.1 Å². The second-order valence-corrected chi connectivity index (χ2v) is 19.3. The molecule has 35 heteroatoms. The second kappa shape index (κ2) is 32.3. The molecule has 21 N–H and O–H groups in total. The molecule has 0 spiro atoms. The lowest BCUT2D eigenvalue weighted by Crippen LogP contribution is -3.21. The maximum Gasteiger partial charge on any atom is 0.322 e. The Bertz CT molecular complexity index is 2640. The molecule has 0 aromatic rings. The lowest BCUT2D eigenvalue weighted by atomic mass is 9.90.